The highest BCUT2D eigenvalue weighted by Crippen LogP contribution is 2.32. The molecule has 0 saturated heterocycles. The SMILES string of the molecule is O=C(CSC1=NC(=Cc2cccs2)C(=O)N1C1CCCCC1)Nc1ccc2ccccc2c1. The van der Waals surface area contributed by atoms with Crippen molar-refractivity contribution >= 4 is 62.6 Å². The Balaban J connectivity index is 1.30. The molecule has 1 saturated carbocycles. The average molecular weight is 476 g/mol. The second kappa shape index (κ2) is 9.93. The highest BCUT2D eigenvalue weighted by Gasteiger charge is 2.36. The lowest BCUT2D eigenvalue weighted by Crippen LogP contribution is -2.41. The number of amidine groups is 1. The number of anilines is 1. The number of nitrogens with one attached hydrogen (secondary N) is 1. The first-order valence-electron chi connectivity index (χ1n) is 11.3. The molecule has 1 N–H and O–H groups in total. The molecule has 3 aromatic rings. The number of carbonyl (C=O) groups excluding carboxylic acids is 2. The van der Waals surface area contributed by atoms with Crippen molar-refractivity contribution in [3.8, 4) is 0 Å². The highest BCUT2D eigenvalue weighted by molar-refractivity contribution is 8.14. The van der Waals surface area contributed by atoms with E-state index in [0.717, 1.165) is 47.0 Å². The molecule has 2 aliphatic rings. The largest absolute Gasteiger partial charge is 0.325 e. The van der Waals surface area contributed by atoms with Gasteiger partial charge in [-0.05, 0) is 53.3 Å². The van der Waals surface area contributed by atoms with Crippen molar-refractivity contribution in [2.24, 2.45) is 4.99 Å². The maximum atomic E-state index is 13.2. The topological polar surface area (TPSA) is 61.8 Å². The van der Waals surface area contributed by atoms with E-state index in [2.05, 4.69) is 10.3 Å². The van der Waals surface area contributed by atoms with Crippen molar-refractivity contribution in [2.75, 3.05) is 11.1 Å². The number of amides is 2. The van der Waals surface area contributed by atoms with E-state index in [-0.39, 0.29) is 23.6 Å². The van der Waals surface area contributed by atoms with Gasteiger partial charge in [0.05, 0.1) is 5.75 Å². The second-order valence-corrected chi connectivity index (χ2v) is 10.2. The number of thioether (sulfide) groups is 1. The Morgan fingerprint density at radius 2 is 1.91 bits per heavy atom. The predicted molar refractivity (Wildman–Crippen MR) is 138 cm³/mol. The van der Waals surface area contributed by atoms with Gasteiger partial charge in [0.1, 0.15) is 5.70 Å². The van der Waals surface area contributed by atoms with Crippen LogP contribution < -0.4 is 5.32 Å². The fourth-order valence-electron chi connectivity index (χ4n) is 4.37. The Bertz CT molecular complexity index is 1230. The van der Waals surface area contributed by atoms with Crippen molar-refractivity contribution in [2.45, 2.75) is 38.1 Å². The molecule has 1 aromatic heterocycles. The molecule has 0 unspecified atom stereocenters. The van der Waals surface area contributed by atoms with Crippen LogP contribution in [0.5, 0.6) is 0 Å². The number of nitrogens with zero attached hydrogens (tertiary/aromatic N) is 2. The number of rotatable bonds is 5. The third kappa shape index (κ3) is 5.04. The minimum Gasteiger partial charge on any atom is -0.325 e. The van der Waals surface area contributed by atoms with Crippen molar-refractivity contribution in [3.63, 3.8) is 0 Å². The first-order chi connectivity index (χ1) is 16.2. The summed E-state index contributed by atoms with van der Waals surface area (Å²) < 4.78 is 0. The molecule has 1 aliphatic heterocycles. The molecule has 1 aliphatic carbocycles. The number of hydrogen-bond acceptors (Lipinski definition) is 5. The maximum absolute atomic E-state index is 13.2. The molecule has 7 heteroatoms. The van der Waals surface area contributed by atoms with E-state index in [0.29, 0.717) is 10.9 Å². The van der Waals surface area contributed by atoms with Gasteiger partial charge in [0.25, 0.3) is 5.91 Å². The van der Waals surface area contributed by atoms with Crippen LogP contribution in [0.1, 0.15) is 37.0 Å². The molecule has 5 rings (SSSR count). The van der Waals surface area contributed by atoms with E-state index in [1.165, 1.54) is 18.2 Å². The molecule has 2 amide bonds. The first kappa shape index (κ1) is 21.9. The lowest BCUT2D eigenvalue weighted by molar-refractivity contribution is -0.124. The molecule has 0 atom stereocenters. The van der Waals surface area contributed by atoms with Crippen molar-refractivity contribution in [1.82, 2.24) is 4.90 Å². The Hall–Kier alpha value is -2.90. The van der Waals surface area contributed by atoms with Gasteiger partial charge in [0.2, 0.25) is 5.91 Å². The summed E-state index contributed by atoms with van der Waals surface area (Å²) in [6, 6.07) is 18.1. The lowest BCUT2D eigenvalue weighted by Gasteiger charge is -2.31. The fourth-order valence-corrected chi connectivity index (χ4v) is 5.89. The van der Waals surface area contributed by atoms with Crippen LogP contribution in [0.15, 0.2) is 70.7 Å². The molecule has 1 fully saturated rings. The number of fused-ring (bicyclic) bond motifs is 1. The van der Waals surface area contributed by atoms with Gasteiger partial charge in [-0.2, -0.15) is 0 Å². The fraction of sp³-hybridized carbons (Fsp3) is 0.269. The van der Waals surface area contributed by atoms with E-state index >= 15 is 0 Å². The van der Waals surface area contributed by atoms with Crippen LogP contribution >= 0.6 is 23.1 Å². The summed E-state index contributed by atoms with van der Waals surface area (Å²) in [6.45, 7) is 0. The van der Waals surface area contributed by atoms with E-state index in [1.807, 2.05) is 71.0 Å². The summed E-state index contributed by atoms with van der Waals surface area (Å²) in [5.41, 5.74) is 1.23. The Morgan fingerprint density at radius 3 is 2.70 bits per heavy atom. The van der Waals surface area contributed by atoms with Gasteiger partial charge in [-0.3, -0.25) is 14.5 Å². The molecule has 0 spiro atoms. The van der Waals surface area contributed by atoms with Crippen molar-refractivity contribution < 1.29 is 9.59 Å². The molecule has 5 nitrogen and oxygen atoms in total. The summed E-state index contributed by atoms with van der Waals surface area (Å²) in [4.78, 5) is 33.4. The zero-order valence-corrected chi connectivity index (χ0v) is 19.8. The van der Waals surface area contributed by atoms with E-state index in [4.69, 9.17) is 0 Å². The Morgan fingerprint density at radius 1 is 1.09 bits per heavy atom. The highest BCUT2D eigenvalue weighted by atomic mass is 32.2. The third-order valence-electron chi connectivity index (χ3n) is 5.99. The summed E-state index contributed by atoms with van der Waals surface area (Å²) >= 11 is 2.93. The molecule has 33 heavy (non-hydrogen) atoms. The van der Waals surface area contributed by atoms with Crippen molar-refractivity contribution in [1.29, 1.82) is 0 Å². The van der Waals surface area contributed by atoms with E-state index in [9.17, 15) is 9.59 Å². The molecular formula is C26H25N3O2S2. The molecular weight excluding hydrogens is 450 g/mol. The second-order valence-electron chi connectivity index (χ2n) is 8.31. The molecule has 2 aromatic carbocycles. The molecule has 0 radical (unpaired) electrons. The number of hydrogen-bond donors (Lipinski definition) is 1. The van der Waals surface area contributed by atoms with Crippen LogP contribution in [-0.2, 0) is 9.59 Å². The summed E-state index contributed by atoms with van der Waals surface area (Å²) in [5.74, 6) is 0.0477. The Kier molecular flexibility index (Phi) is 6.60. The first-order valence-corrected chi connectivity index (χ1v) is 13.1. The smallest absolute Gasteiger partial charge is 0.278 e. The van der Waals surface area contributed by atoms with E-state index < -0.39 is 0 Å². The van der Waals surface area contributed by atoms with Gasteiger partial charge < -0.3 is 5.32 Å². The third-order valence-corrected chi connectivity index (χ3v) is 7.76. The van der Waals surface area contributed by atoms with Crippen LogP contribution in [0, 0.1) is 0 Å². The van der Waals surface area contributed by atoms with E-state index in [1.54, 1.807) is 11.3 Å². The van der Waals surface area contributed by atoms with Gasteiger partial charge in [0, 0.05) is 16.6 Å². The van der Waals surface area contributed by atoms with Crippen LogP contribution in [-0.4, -0.2) is 33.7 Å². The average Bonchev–Trinajstić information content (AvgIpc) is 3.46. The van der Waals surface area contributed by atoms with Crippen LogP contribution in [0.3, 0.4) is 0 Å². The number of thiophene rings is 1. The maximum Gasteiger partial charge on any atom is 0.278 e. The van der Waals surface area contributed by atoms with Crippen LogP contribution in [0.25, 0.3) is 16.8 Å². The minimum absolute atomic E-state index is 0.0484. The van der Waals surface area contributed by atoms with Gasteiger partial charge in [-0.15, -0.1) is 11.3 Å². The standard InChI is InChI=1S/C26H25N3O2S2/c30-24(27-20-13-12-18-7-4-5-8-19(18)15-20)17-33-26-28-23(16-22-11-6-14-32-22)25(31)29(26)21-9-2-1-3-10-21/h4-8,11-16,21H,1-3,9-10,17H2,(H,27,30). The number of benzene rings is 2. The van der Waals surface area contributed by atoms with Gasteiger partial charge in [-0.1, -0.05) is 67.4 Å². The molecule has 0 bridgehead atoms. The molecule has 2 heterocycles. The zero-order valence-electron chi connectivity index (χ0n) is 18.2. The summed E-state index contributed by atoms with van der Waals surface area (Å²) in [6.07, 6.45) is 7.29. The monoisotopic (exact) mass is 475 g/mol. The summed E-state index contributed by atoms with van der Waals surface area (Å²) in [5, 5.41) is 7.83. The quantitative estimate of drug-likeness (QED) is 0.451. The van der Waals surface area contributed by atoms with Gasteiger partial charge in [0.15, 0.2) is 5.17 Å². The van der Waals surface area contributed by atoms with Gasteiger partial charge in [-0.25, -0.2) is 4.99 Å². The van der Waals surface area contributed by atoms with Crippen LogP contribution in [0.2, 0.25) is 0 Å². The minimum atomic E-state index is -0.107. The molecule has 168 valence electrons. The Labute approximate surface area is 201 Å². The number of aliphatic imine (C=N–C) groups is 1. The number of carbonyl (C=O) groups is 2. The van der Waals surface area contributed by atoms with Crippen molar-refractivity contribution in [3.05, 3.63) is 70.6 Å². The lowest BCUT2D eigenvalue weighted by atomic mass is 9.94. The zero-order chi connectivity index (χ0) is 22.6. The predicted octanol–water partition coefficient (Wildman–Crippen LogP) is 6.15. The summed E-state index contributed by atoms with van der Waals surface area (Å²) in [7, 11) is 0. The normalized spacial score (nSPS) is 18.2. The van der Waals surface area contributed by atoms with Crippen LogP contribution in [0.4, 0.5) is 5.69 Å². The van der Waals surface area contributed by atoms with Gasteiger partial charge >= 0.3 is 0 Å².